The molecular weight excluding hydrogens is 369 g/mol. The maximum absolute atomic E-state index is 13.1. The maximum atomic E-state index is 13.1. The second-order valence-corrected chi connectivity index (χ2v) is 7.97. The summed E-state index contributed by atoms with van der Waals surface area (Å²) < 4.78 is 13.1. The number of benzene rings is 1. The first kappa shape index (κ1) is 21.0. The summed E-state index contributed by atoms with van der Waals surface area (Å²) in [4.78, 5) is 33.8. The lowest BCUT2D eigenvalue weighted by Crippen LogP contribution is -2.39. The average molecular weight is 397 g/mol. The molecular formula is C23H28FN3O2. The average Bonchev–Trinajstić information content (AvgIpc) is 2.72. The number of hydrogen-bond donors (Lipinski definition) is 0. The van der Waals surface area contributed by atoms with E-state index in [2.05, 4.69) is 0 Å². The Balaban J connectivity index is 1.75. The number of amides is 2. The fourth-order valence-electron chi connectivity index (χ4n) is 3.62. The number of rotatable bonds is 4. The highest BCUT2D eigenvalue weighted by atomic mass is 19.1. The van der Waals surface area contributed by atoms with Crippen LogP contribution in [0, 0.1) is 12.7 Å². The number of halogens is 1. The number of aryl methyl sites for hydroxylation is 1. The minimum Gasteiger partial charge on any atom is -0.339 e. The van der Waals surface area contributed by atoms with Crippen molar-refractivity contribution in [3.63, 3.8) is 0 Å². The molecule has 1 saturated heterocycles. The highest BCUT2D eigenvalue weighted by molar-refractivity contribution is 5.96. The second kappa shape index (κ2) is 8.72. The minimum absolute atomic E-state index is 0.0210. The molecule has 0 atom stereocenters. The van der Waals surface area contributed by atoms with Crippen LogP contribution >= 0.6 is 0 Å². The van der Waals surface area contributed by atoms with Gasteiger partial charge in [-0.2, -0.15) is 0 Å². The van der Waals surface area contributed by atoms with E-state index in [-0.39, 0.29) is 29.6 Å². The van der Waals surface area contributed by atoms with E-state index in [0.717, 1.165) is 24.2 Å². The Hall–Kier alpha value is -2.76. The molecule has 0 N–H and O–H groups in total. The molecule has 1 aliphatic rings. The molecule has 6 heteroatoms. The van der Waals surface area contributed by atoms with Gasteiger partial charge in [0.2, 0.25) is 0 Å². The van der Waals surface area contributed by atoms with E-state index in [9.17, 15) is 14.0 Å². The van der Waals surface area contributed by atoms with Crippen LogP contribution < -0.4 is 0 Å². The Morgan fingerprint density at radius 3 is 2.31 bits per heavy atom. The number of hydrogen-bond acceptors (Lipinski definition) is 3. The number of pyridine rings is 1. The molecule has 1 fully saturated rings. The summed E-state index contributed by atoms with van der Waals surface area (Å²) >= 11 is 0. The summed E-state index contributed by atoms with van der Waals surface area (Å²) in [5.74, 6) is -0.329. The molecule has 0 unspecified atom stereocenters. The Labute approximate surface area is 171 Å². The van der Waals surface area contributed by atoms with Gasteiger partial charge in [0.15, 0.2) is 0 Å². The van der Waals surface area contributed by atoms with Gasteiger partial charge in [-0.05, 0) is 70.0 Å². The van der Waals surface area contributed by atoms with E-state index in [1.807, 2.05) is 32.9 Å². The quantitative estimate of drug-likeness (QED) is 0.783. The number of carbonyl (C=O) groups is 2. The lowest BCUT2D eigenvalue weighted by Gasteiger charge is -2.33. The normalized spacial score (nSPS) is 14.9. The summed E-state index contributed by atoms with van der Waals surface area (Å²) in [6.07, 6.45) is 1.49. The Bertz CT molecular complexity index is 887. The van der Waals surface area contributed by atoms with Gasteiger partial charge in [-0.25, -0.2) is 4.39 Å². The Morgan fingerprint density at radius 2 is 1.72 bits per heavy atom. The largest absolute Gasteiger partial charge is 0.339 e. The molecule has 0 saturated carbocycles. The van der Waals surface area contributed by atoms with Gasteiger partial charge in [0.25, 0.3) is 11.8 Å². The number of nitrogens with zero attached hydrogens (tertiary/aromatic N) is 3. The predicted octanol–water partition coefficient (Wildman–Crippen LogP) is 4.03. The van der Waals surface area contributed by atoms with E-state index >= 15 is 0 Å². The van der Waals surface area contributed by atoms with Gasteiger partial charge in [-0.1, -0.05) is 0 Å². The van der Waals surface area contributed by atoms with Gasteiger partial charge >= 0.3 is 0 Å². The summed E-state index contributed by atoms with van der Waals surface area (Å²) in [7, 11) is 1.81. The molecule has 0 radical (unpaired) electrons. The fraction of sp³-hybridized carbons (Fsp3) is 0.435. The van der Waals surface area contributed by atoms with Crippen molar-refractivity contribution >= 4 is 11.8 Å². The van der Waals surface area contributed by atoms with Crippen molar-refractivity contribution in [1.82, 2.24) is 14.8 Å². The third kappa shape index (κ3) is 4.63. The third-order valence-electron chi connectivity index (χ3n) is 5.65. The van der Waals surface area contributed by atoms with Crippen LogP contribution in [0.5, 0.6) is 0 Å². The molecule has 5 nitrogen and oxygen atoms in total. The lowest BCUT2D eigenvalue weighted by molar-refractivity contribution is 0.0703. The van der Waals surface area contributed by atoms with E-state index in [1.54, 1.807) is 16.8 Å². The number of piperidine rings is 1. The second-order valence-electron chi connectivity index (χ2n) is 7.97. The highest BCUT2D eigenvalue weighted by Crippen LogP contribution is 2.30. The molecule has 2 heterocycles. The number of carbonyl (C=O) groups excluding carboxylic acids is 2. The maximum Gasteiger partial charge on any atom is 0.255 e. The van der Waals surface area contributed by atoms with E-state index < -0.39 is 0 Å². The van der Waals surface area contributed by atoms with Gasteiger partial charge in [0.05, 0.1) is 11.3 Å². The monoisotopic (exact) mass is 397 g/mol. The third-order valence-corrected chi connectivity index (χ3v) is 5.65. The van der Waals surface area contributed by atoms with Crippen molar-refractivity contribution in [2.24, 2.45) is 0 Å². The zero-order valence-electron chi connectivity index (χ0n) is 17.5. The van der Waals surface area contributed by atoms with E-state index in [0.29, 0.717) is 24.2 Å². The van der Waals surface area contributed by atoms with Crippen molar-refractivity contribution in [2.75, 3.05) is 20.1 Å². The van der Waals surface area contributed by atoms with E-state index in [1.165, 1.54) is 24.3 Å². The van der Waals surface area contributed by atoms with Crippen LogP contribution in [0.2, 0.25) is 0 Å². The lowest BCUT2D eigenvalue weighted by atomic mass is 9.89. The summed E-state index contributed by atoms with van der Waals surface area (Å²) in [5, 5.41) is 0. The molecule has 2 amide bonds. The minimum atomic E-state index is -0.352. The van der Waals surface area contributed by atoms with Crippen LogP contribution in [-0.4, -0.2) is 52.8 Å². The van der Waals surface area contributed by atoms with Gasteiger partial charge in [0, 0.05) is 43.4 Å². The molecule has 0 aliphatic carbocycles. The standard InChI is InChI=1S/C23H28FN3O2/c1-15(2)26(4)23(29)20-10-5-16(3)25-21(20)17-11-13-27(14-12-17)22(28)18-6-8-19(24)9-7-18/h5-10,15,17H,11-14H2,1-4H3. The van der Waals surface area contributed by atoms with Gasteiger partial charge in [0.1, 0.15) is 5.82 Å². The molecule has 1 aromatic carbocycles. The van der Waals surface area contributed by atoms with Crippen molar-refractivity contribution in [3.05, 3.63) is 64.7 Å². The van der Waals surface area contributed by atoms with Crippen molar-refractivity contribution in [1.29, 1.82) is 0 Å². The molecule has 1 aliphatic heterocycles. The summed E-state index contributed by atoms with van der Waals surface area (Å²) in [5.41, 5.74) is 2.85. The molecule has 2 aromatic rings. The highest BCUT2D eigenvalue weighted by Gasteiger charge is 2.29. The van der Waals surface area contributed by atoms with Gasteiger partial charge < -0.3 is 9.80 Å². The Morgan fingerprint density at radius 1 is 1.10 bits per heavy atom. The van der Waals surface area contributed by atoms with Crippen molar-refractivity contribution < 1.29 is 14.0 Å². The number of likely N-dealkylation sites (tertiary alicyclic amines) is 1. The molecule has 1 aromatic heterocycles. The smallest absolute Gasteiger partial charge is 0.255 e. The van der Waals surface area contributed by atoms with Crippen molar-refractivity contribution in [2.45, 2.75) is 45.6 Å². The molecule has 0 bridgehead atoms. The van der Waals surface area contributed by atoms with Gasteiger partial charge in [-0.3, -0.25) is 14.6 Å². The fourth-order valence-corrected chi connectivity index (χ4v) is 3.62. The van der Waals surface area contributed by atoms with Crippen LogP contribution in [0.4, 0.5) is 4.39 Å². The number of aromatic nitrogens is 1. The first-order chi connectivity index (χ1) is 13.8. The topological polar surface area (TPSA) is 53.5 Å². The molecule has 29 heavy (non-hydrogen) atoms. The van der Waals surface area contributed by atoms with Gasteiger partial charge in [-0.15, -0.1) is 0 Å². The zero-order chi connectivity index (χ0) is 21.1. The van der Waals surface area contributed by atoms with E-state index in [4.69, 9.17) is 4.98 Å². The molecule has 154 valence electrons. The first-order valence-electron chi connectivity index (χ1n) is 10.1. The Kier molecular flexibility index (Phi) is 6.30. The zero-order valence-corrected chi connectivity index (χ0v) is 17.5. The SMILES string of the molecule is Cc1ccc(C(=O)N(C)C(C)C)c(C2CCN(C(=O)c3ccc(F)cc3)CC2)n1. The van der Waals surface area contributed by atoms with Crippen LogP contribution in [-0.2, 0) is 0 Å². The van der Waals surface area contributed by atoms with Crippen molar-refractivity contribution in [3.8, 4) is 0 Å². The summed E-state index contributed by atoms with van der Waals surface area (Å²) in [6.45, 7) is 7.07. The van der Waals surface area contributed by atoms with Crippen LogP contribution in [0.25, 0.3) is 0 Å². The first-order valence-corrected chi connectivity index (χ1v) is 10.1. The molecule has 0 spiro atoms. The van der Waals surface area contributed by atoms with Crippen LogP contribution in [0.1, 0.15) is 64.7 Å². The summed E-state index contributed by atoms with van der Waals surface area (Å²) in [6, 6.07) is 9.49. The molecule has 3 rings (SSSR count). The van der Waals surface area contributed by atoms with Crippen LogP contribution in [0.3, 0.4) is 0 Å². The van der Waals surface area contributed by atoms with Crippen LogP contribution in [0.15, 0.2) is 36.4 Å². The predicted molar refractivity (Wildman–Crippen MR) is 110 cm³/mol.